The van der Waals surface area contributed by atoms with Gasteiger partial charge in [-0.1, -0.05) is 0 Å². The highest BCUT2D eigenvalue weighted by Crippen LogP contribution is 2.31. The third-order valence-electron chi connectivity index (χ3n) is 5.00. The molecule has 1 aliphatic heterocycles. The summed E-state index contributed by atoms with van der Waals surface area (Å²) >= 11 is 0. The smallest absolute Gasteiger partial charge is 0.406 e. The Kier molecular flexibility index (Phi) is 6.20. The Bertz CT molecular complexity index is 1070. The molecular weight excluding hydrogens is 423 g/mol. The van der Waals surface area contributed by atoms with Crippen LogP contribution >= 0.6 is 0 Å². The van der Waals surface area contributed by atoms with E-state index in [9.17, 15) is 18.0 Å². The minimum Gasteiger partial charge on any atom is -0.406 e. The zero-order chi connectivity index (χ0) is 22.6. The van der Waals surface area contributed by atoms with Crippen molar-refractivity contribution in [2.24, 2.45) is 0 Å². The minimum atomic E-state index is -4.77. The number of alkyl halides is 3. The molecule has 0 atom stereocenters. The van der Waals surface area contributed by atoms with E-state index in [4.69, 9.17) is 0 Å². The molecule has 1 N–H and O–H groups in total. The zero-order valence-corrected chi connectivity index (χ0v) is 17.0. The molecule has 32 heavy (non-hydrogen) atoms. The Morgan fingerprint density at radius 2 is 1.69 bits per heavy atom. The maximum atomic E-state index is 12.8. The van der Waals surface area contributed by atoms with Crippen LogP contribution in [-0.4, -0.2) is 40.3 Å². The fraction of sp³-hybridized carbons (Fsp3) is 0.273. The summed E-state index contributed by atoms with van der Waals surface area (Å²) in [5.74, 6) is -0.0376. The number of hydrogen-bond donors (Lipinski definition) is 1. The predicted octanol–water partition coefficient (Wildman–Crippen LogP) is 4.68. The van der Waals surface area contributed by atoms with Crippen molar-refractivity contribution >= 4 is 17.4 Å². The summed E-state index contributed by atoms with van der Waals surface area (Å²) in [6, 6.07) is 6.66. The second-order valence-corrected chi connectivity index (χ2v) is 7.30. The van der Waals surface area contributed by atoms with E-state index in [2.05, 4.69) is 29.9 Å². The van der Waals surface area contributed by atoms with E-state index in [0.717, 1.165) is 55.0 Å². The maximum Gasteiger partial charge on any atom is 0.573 e. The number of amides is 1. The van der Waals surface area contributed by atoms with Gasteiger partial charge >= 0.3 is 6.36 Å². The van der Waals surface area contributed by atoms with Gasteiger partial charge in [0, 0.05) is 48.5 Å². The molecule has 4 rings (SSSR count). The summed E-state index contributed by atoms with van der Waals surface area (Å²) in [5.41, 5.74) is 2.12. The lowest BCUT2D eigenvalue weighted by atomic mass is 10.0. The molecule has 0 aliphatic carbocycles. The van der Waals surface area contributed by atoms with Crippen molar-refractivity contribution in [3.63, 3.8) is 0 Å². The van der Waals surface area contributed by atoms with Gasteiger partial charge in [0.25, 0.3) is 5.91 Å². The van der Waals surface area contributed by atoms with Crippen molar-refractivity contribution in [3.8, 4) is 16.9 Å². The molecule has 10 heteroatoms. The fourth-order valence-corrected chi connectivity index (χ4v) is 3.53. The molecule has 0 bridgehead atoms. The molecule has 0 radical (unpaired) electrons. The molecule has 0 saturated carbocycles. The average molecular weight is 443 g/mol. The van der Waals surface area contributed by atoms with Gasteiger partial charge in [0.05, 0.1) is 5.56 Å². The fourth-order valence-electron chi connectivity index (χ4n) is 3.53. The number of hydrogen-bond acceptors (Lipinski definition) is 6. The molecule has 7 nitrogen and oxygen atoms in total. The van der Waals surface area contributed by atoms with Crippen molar-refractivity contribution in [2.45, 2.75) is 25.6 Å². The van der Waals surface area contributed by atoms with E-state index in [1.54, 1.807) is 18.5 Å². The van der Waals surface area contributed by atoms with Gasteiger partial charge in [-0.3, -0.25) is 4.79 Å². The van der Waals surface area contributed by atoms with E-state index in [0.29, 0.717) is 11.3 Å². The van der Waals surface area contributed by atoms with Crippen LogP contribution < -0.4 is 15.0 Å². The van der Waals surface area contributed by atoms with Crippen LogP contribution in [0.15, 0.2) is 55.2 Å². The monoisotopic (exact) mass is 443 g/mol. The number of nitrogens with zero attached hydrogens (tertiary/aromatic N) is 4. The second kappa shape index (κ2) is 9.21. The number of anilines is 2. The zero-order valence-electron chi connectivity index (χ0n) is 17.0. The summed E-state index contributed by atoms with van der Waals surface area (Å²) in [4.78, 5) is 27.7. The number of nitrogens with one attached hydrogen (secondary N) is 1. The number of piperidine rings is 1. The first kappa shape index (κ1) is 21.5. The molecule has 0 spiro atoms. The molecule has 1 saturated heterocycles. The maximum absolute atomic E-state index is 12.8. The normalized spacial score (nSPS) is 14.2. The van der Waals surface area contributed by atoms with Gasteiger partial charge in [-0.05, 0) is 49.6 Å². The molecule has 1 amide bonds. The van der Waals surface area contributed by atoms with E-state index in [1.165, 1.54) is 31.1 Å². The van der Waals surface area contributed by atoms with Crippen LogP contribution in [-0.2, 0) is 0 Å². The van der Waals surface area contributed by atoms with Crippen molar-refractivity contribution in [2.75, 3.05) is 23.3 Å². The highest BCUT2D eigenvalue weighted by molar-refractivity contribution is 6.05. The molecular formula is C22H20F3N5O2. The third-order valence-corrected chi connectivity index (χ3v) is 5.00. The van der Waals surface area contributed by atoms with Gasteiger partial charge in [-0.15, -0.1) is 13.2 Å². The molecule has 2 aromatic heterocycles. The predicted molar refractivity (Wildman–Crippen MR) is 112 cm³/mol. The molecule has 0 unspecified atom stereocenters. The van der Waals surface area contributed by atoms with Crippen LogP contribution in [0.2, 0.25) is 0 Å². The highest BCUT2D eigenvalue weighted by atomic mass is 19.4. The first-order valence-corrected chi connectivity index (χ1v) is 10.1. The minimum absolute atomic E-state index is 0.306. The number of halogens is 3. The highest BCUT2D eigenvalue weighted by Gasteiger charge is 2.31. The molecule has 166 valence electrons. The lowest BCUT2D eigenvalue weighted by Gasteiger charge is -2.29. The topological polar surface area (TPSA) is 80.2 Å². The van der Waals surface area contributed by atoms with E-state index < -0.39 is 12.3 Å². The van der Waals surface area contributed by atoms with Gasteiger partial charge in [-0.25, -0.2) is 15.0 Å². The SMILES string of the molecule is O=C(Nc1ccc(OC(F)(F)F)cc1)c1cnc(N2CCCCC2)c(-c2cncnc2)c1. The third kappa shape index (κ3) is 5.32. The Morgan fingerprint density at radius 1 is 1.00 bits per heavy atom. The summed E-state index contributed by atoms with van der Waals surface area (Å²) in [6.45, 7) is 1.76. The molecule has 1 aliphatic rings. The van der Waals surface area contributed by atoms with E-state index >= 15 is 0 Å². The van der Waals surface area contributed by atoms with Crippen LogP contribution in [0.3, 0.4) is 0 Å². The molecule has 1 aromatic carbocycles. The number of aromatic nitrogens is 3. The molecule has 3 heterocycles. The van der Waals surface area contributed by atoms with Gasteiger partial charge < -0.3 is 15.0 Å². The summed E-state index contributed by atoms with van der Waals surface area (Å²) in [7, 11) is 0. The first-order chi connectivity index (χ1) is 15.4. The number of ether oxygens (including phenoxy) is 1. The molecule has 3 aromatic rings. The number of rotatable bonds is 5. The van der Waals surface area contributed by atoms with Crippen LogP contribution in [0.5, 0.6) is 5.75 Å². The largest absolute Gasteiger partial charge is 0.573 e. The summed E-state index contributed by atoms with van der Waals surface area (Å²) in [6.07, 6.45) is 4.80. The summed E-state index contributed by atoms with van der Waals surface area (Å²) < 4.78 is 40.8. The van der Waals surface area contributed by atoms with Gasteiger partial charge in [0.1, 0.15) is 17.9 Å². The van der Waals surface area contributed by atoms with Gasteiger partial charge in [-0.2, -0.15) is 0 Å². The Labute approximate surface area is 182 Å². The molecule has 1 fully saturated rings. The van der Waals surface area contributed by atoms with Crippen LogP contribution in [0, 0.1) is 0 Å². The number of carbonyl (C=O) groups excluding carboxylic acids is 1. The summed E-state index contributed by atoms with van der Waals surface area (Å²) in [5, 5.41) is 2.67. The van der Waals surface area contributed by atoms with Crippen molar-refractivity contribution in [1.29, 1.82) is 0 Å². The lowest BCUT2D eigenvalue weighted by molar-refractivity contribution is -0.274. The van der Waals surface area contributed by atoms with Crippen LogP contribution in [0.1, 0.15) is 29.6 Å². The standard InChI is InChI=1S/C22H20F3N5O2/c23-22(24,25)32-18-6-4-17(5-7-18)29-21(31)15-10-19(16-11-26-14-27-12-16)20(28-13-15)30-8-2-1-3-9-30/h4-7,10-14H,1-3,8-9H2,(H,29,31). The van der Waals surface area contributed by atoms with Crippen LogP contribution in [0.25, 0.3) is 11.1 Å². The van der Waals surface area contributed by atoms with E-state index in [-0.39, 0.29) is 5.75 Å². The lowest BCUT2D eigenvalue weighted by Crippen LogP contribution is -2.30. The van der Waals surface area contributed by atoms with Crippen molar-refractivity contribution in [3.05, 3.63) is 60.8 Å². The van der Waals surface area contributed by atoms with E-state index in [1.807, 2.05) is 0 Å². The van der Waals surface area contributed by atoms with Gasteiger partial charge in [0.15, 0.2) is 0 Å². The first-order valence-electron chi connectivity index (χ1n) is 10.1. The van der Waals surface area contributed by atoms with Crippen molar-refractivity contribution in [1.82, 2.24) is 15.0 Å². The Balaban J connectivity index is 1.57. The van der Waals surface area contributed by atoms with Gasteiger partial charge in [0.2, 0.25) is 0 Å². The average Bonchev–Trinajstić information content (AvgIpc) is 2.80. The number of benzene rings is 1. The number of pyridine rings is 1. The quantitative estimate of drug-likeness (QED) is 0.617. The Hall–Kier alpha value is -3.69. The second-order valence-electron chi connectivity index (χ2n) is 7.30. The van der Waals surface area contributed by atoms with Crippen LogP contribution in [0.4, 0.5) is 24.7 Å². The Morgan fingerprint density at radius 3 is 2.34 bits per heavy atom. The van der Waals surface area contributed by atoms with Crippen molar-refractivity contribution < 1.29 is 22.7 Å². The number of carbonyl (C=O) groups is 1.